The van der Waals surface area contributed by atoms with Crippen LogP contribution in [0.5, 0.6) is 0 Å². The maximum Gasteiger partial charge on any atom is 0.341 e. The van der Waals surface area contributed by atoms with Crippen molar-refractivity contribution in [1.29, 1.82) is 0 Å². The minimum Gasteiger partial charge on any atom is -0.462 e. The van der Waals surface area contributed by atoms with E-state index in [0.717, 1.165) is 59.4 Å². The molecule has 1 unspecified atom stereocenters. The van der Waals surface area contributed by atoms with Gasteiger partial charge in [0.2, 0.25) is 0 Å². The second-order valence-electron chi connectivity index (χ2n) is 11.8. The third kappa shape index (κ3) is 5.63. The number of hydrogen-bond acceptors (Lipinski definition) is 8. The van der Waals surface area contributed by atoms with E-state index in [1.54, 1.807) is 6.92 Å². The molecule has 2 aliphatic rings. The summed E-state index contributed by atoms with van der Waals surface area (Å²) in [5, 5.41) is 4.03. The first-order chi connectivity index (χ1) is 19.1. The van der Waals surface area contributed by atoms with Gasteiger partial charge >= 0.3 is 11.9 Å². The van der Waals surface area contributed by atoms with Crippen LogP contribution in [0.4, 0.5) is 5.00 Å². The van der Waals surface area contributed by atoms with Crippen molar-refractivity contribution in [3.8, 4) is 0 Å². The lowest BCUT2D eigenvalue weighted by atomic mass is 9.72. The number of para-hydroxylation sites is 1. The number of rotatable bonds is 6. The molecule has 2 aromatic heterocycles. The lowest BCUT2D eigenvalue weighted by Crippen LogP contribution is -2.30. The van der Waals surface area contributed by atoms with Gasteiger partial charge in [-0.25, -0.2) is 9.59 Å². The van der Waals surface area contributed by atoms with E-state index in [9.17, 15) is 14.4 Å². The van der Waals surface area contributed by atoms with Gasteiger partial charge in [0.1, 0.15) is 5.00 Å². The van der Waals surface area contributed by atoms with E-state index in [0.29, 0.717) is 34.0 Å². The number of carbonyl (C=O) groups excluding carboxylic acids is 3. The second kappa shape index (κ2) is 11.3. The predicted octanol–water partition coefficient (Wildman–Crippen LogP) is 5.41. The van der Waals surface area contributed by atoms with Crippen LogP contribution in [0.1, 0.15) is 76.5 Å². The van der Waals surface area contributed by atoms with E-state index in [-0.39, 0.29) is 12.0 Å². The highest BCUT2D eigenvalue weighted by molar-refractivity contribution is 7.17. The maximum absolute atomic E-state index is 13.4. The Labute approximate surface area is 239 Å². The number of carbonyl (C=O) groups is 3. The van der Waals surface area contributed by atoms with E-state index < -0.39 is 24.5 Å². The van der Waals surface area contributed by atoms with Crippen LogP contribution < -0.4 is 5.32 Å². The summed E-state index contributed by atoms with van der Waals surface area (Å²) in [7, 11) is 2.01. The van der Waals surface area contributed by atoms with E-state index in [2.05, 4.69) is 31.0 Å². The topological polar surface area (TPSA) is 97.8 Å². The zero-order chi connectivity index (χ0) is 28.6. The first-order valence-corrected chi connectivity index (χ1v) is 14.8. The number of esters is 2. The quantitative estimate of drug-likeness (QED) is 0.401. The van der Waals surface area contributed by atoms with Gasteiger partial charge in [-0.3, -0.25) is 9.78 Å². The minimum atomic E-state index is -0.551. The first kappa shape index (κ1) is 28.2. The van der Waals surface area contributed by atoms with Gasteiger partial charge in [0.15, 0.2) is 6.61 Å². The predicted molar refractivity (Wildman–Crippen MR) is 156 cm³/mol. The minimum absolute atomic E-state index is 0.147. The molecule has 3 heterocycles. The molecular formula is C31H37N3O5S. The number of anilines is 1. The van der Waals surface area contributed by atoms with Gasteiger partial charge in [-0.15, -0.1) is 11.3 Å². The van der Waals surface area contributed by atoms with Gasteiger partial charge in [-0.05, 0) is 56.2 Å². The number of benzene rings is 1. The van der Waals surface area contributed by atoms with Crippen molar-refractivity contribution < 1.29 is 23.9 Å². The summed E-state index contributed by atoms with van der Waals surface area (Å²) in [6, 6.07) is 7.51. The van der Waals surface area contributed by atoms with Crippen LogP contribution in [-0.2, 0) is 40.1 Å². The molecule has 1 aromatic carbocycles. The smallest absolute Gasteiger partial charge is 0.341 e. The average Bonchev–Trinajstić information content (AvgIpc) is 3.27. The van der Waals surface area contributed by atoms with Crippen molar-refractivity contribution in [3.05, 3.63) is 57.1 Å². The SMILES string of the molecule is CCOC(=O)c1c(NC(=O)COC(=O)c2c3c(nc4ccccc24)CCN(C)C3)sc2c1CCC(C(C)(C)C)C2. The normalized spacial score (nSPS) is 17.2. The summed E-state index contributed by atoms with van der Waals surface area (Å²) >= 11 is 1.43. The average molecular weight is 564 g/mol. The number of nitrogens with one attached hydrogen (secondary N) is 1. The lowest BCUT2D eigenvalue weighted by Gasteiger charge is -2.33. The molecular weight excluding hydrogens is 526 g/mol. The third-order valence-electron chi connectivity index (χ3n) is 8.00. The Morgan fingerprint density at radius 1 is 1.07 bits per heavy atom. The molecule has 3 aromatic rings. The van der Waals surface area contributed by atoms with Gasteiger partial charge in [0, 0.05) is 41.0 Å². The molecule has 0 bridgehead atoms. The van der Waals surface area contributed by atoms with Gasteiger partial charge < -0.3 is 19.7 Å². The van der Waals surface area contributed by atoms with Crippen molar-refractivity contribution >= 4 is 45.1 Å². The second-order valence-corrected chi connectivity index (χ2v) is 12.9. The number of pyridine rings is 1. The van der Waals surface area contributed by atoms with Gasteiger partial charge in [0.05, 0.1) is 23.3 Å². The van der Waals surface area contributed by atoms with Gasteiger partial charge in [0.25, 0.3) is 5.91 Å². The summed E-state index contributed by atoms with van der Waals surface area (Å²) in [6.45, 7) is 9.71. The molecule has 1 N–H and O–H groups in total. The number of hydrogen-bond donors (Lipinski definition) is 1. The highest BCUT2D eigenvalue weighted by Crippen LogP contribution is 2.44. The monoisotopic (exact) mass is 563 g/mol. The Hall–Kier alpha value is -3.30. The number of amides is 1. The molecule has 1 aliphatic carbocycles. The number of likely N-dealkylation sites (N-methyl/N-ethyl adjacent to an activating group) is 1. The van der Waals surface area contributed by atoms with E-state index in [1.807, 2.05) is 31.3 Å². The molecule has 1 atom stereocenters. The van der Waals surface area contributed by atoms with Crippen molar-refractivity contribution in [2.75, 3.05) is 32.1 Å². The molecule has 5 rings (SSSR count). The highest BCUT2D eigenvalue weighted by Gasteiger charge is 2.34. The molecule has 9 heteroatoms. The lowest BCUT2D eigenvalue weighted by molar-refractivity contribution is -0.119. The summed E-state index contributed by atoms with van der Waals surface area (Å²) in [5.74, 6) is -0.988. The number of fused-ring (bicyclic) bond motifs is 3. The Kier molecular flexibility index (Phi) is 7.97. The Morgan fingerprint density at radius 3 is 2.58 bits per heavy atom. The number of thiophene rings is 1. The van der Waals surface area contributed by atoms with Crippen LogP contribution in [0.2, 0.25) is 0 Å². The zero-order valence-electron chi connectivity index (χ0n) is 23.9. The van der Waals surface area contributed by atoms with Gasteiger partial charge in [-0.1, -0.05) is 39.0 Å². The molecule has 1 amide bonds. The summed E-state index contributed by atoms with van der Waals surface area (Å²) in [5.41, 5.74) is 4.49. The summed E-state index contributed by atoms with van der Waals surface area (Å²) in [4.78, 5) is 47.5. The molecule has 0 radical (unpaired) electrons. The molecule has 8 nitrogen and oxygen atoms in total. The Balaban J connectivity index is 1.36. The zero-order valence-corrected chi connectivity index (χ0v) is 24.7. The fourth-order valence-corrected chi connectivity index (χ4v) is 7.09. The standard InChI is InChI=1S/C31H37N3O5S/c1-6-38-30(37)27-20-12-11-18(31(2,3)4)15-24(20)40-28(27)33-25(35)17-39-29(36)26-19-9-7-8-10-22(19)32-23-13-14-34(5)16-21(23)26/h7-10,18H,6,11-17H2,1-5H3,(H,33,35). The van der Waals surface area contributed by atoms with E-state index >= 15 is 0 Å². The number of nitrogens with zero attached hydrogens (tertiary/aromatic N) is 2. The van der Waals surface area contributed by atoms with Crippen molar-refractivity contribution in [3.63, 3.8) is 0 Å². The van der Waals surface area contributed by atoms with Crippen molar-refractivity contribution in [2.24, 2.45) is 11.3 Å². The third-order valence-corrected chi connectivity index (χ3v) is 9.17. The van der Waals surface area contributed by atoms with Crippen LogP contribution in [-0.4, -0.2) is 54.5 Å². The van der Waals surface area contributed by atoms with Crippen LogP contribution >= 0.6 is 11.3 Å². The van der Waals surface area contributed by atoms with Crippen LogP contribution in [0.15, 0.2) is 24.3 Å². The highest BCUT2D eigenvalue weighted by atomic mass is 32.1. The number of aromatic nitrogens is 1. The van der Waals surface area contributed by atoms with E-state index in [1.165, 1.54) is 11.3 Å². The van der Waals surface area contributed by atoms with Crippen molar-refractivity contribution in [1.82, 2.24) is 9.88 Å². The molecule has 1 aliphatic heterocycles. The summed E-state index contributed by atoms with van der Waals surface area (Å²) < 4.78 is 10.9. The van der Waals surface area contributed by atoms with Gasteiger partial charge in [-0.2, -0.15) is 0 Å². The molecule has 212 valence electrons. The molecule has 0 saturated carbocycles. The van der Waals surface area contributed by atoms with Crippen LogP contribution in [0.3, 0.4) is 0 Å². The Morgan fingerprint density at radius 2 is 1.82 bits per heavy atom. The molecule has 40 heavy (non-hydrogen) atoms. The van der Waals surface area contributed by atoms with E-state index in [4.69, 9.17) is 14.5 Å². The molecule has 0 fully saturated rings. The fraction of sp³-hybridized carbons (Fsp3) is 0.484. The largest absolute Gasteiger partial charge is 0.462 e. The van der Waals surface area contributed by atoms with Crippen LogP contribution in [0.25, 0.3) is 10.9 Å². The van der Waals surface area contributed by atoms with Crippen molar-refractivity contribution in [2.45, 2.75) is 59.9 Å². The maximum atomic E-state index is 13.4. The molecule has 0 saturated heterocycles. The Bertz CT molecular complexity index is 1470. The van der Waals surface area contributed by atoms with Crippen LogP contribution in [0, 0.1) is 11.3 Å². The first-order valence-electron chi connectivity index (χ1n) is 13.9. The molecule has 0 spiro atoms. The number of ether oxygens (including phenoxy) is 2. The fourth-order valence-electron chi connectivity index (χ4n) is 5.76. The summed E-state index contributed by atoms with van der Waals surface area (Å²) in [6.07, 6.45) is 3.34.